The van der Waals surface area contributed by atoms with E-state index in [9.17, 15) is 39.4 Å². The second-order valence-electron chi connectivity index (χ2n) is 9.68. The van der Waals surface area contributed by atoms with Crippen molar-refractivity contribution in [2.75, 3.05) is 7.11 Å². The maximum atomic E-state index is 12.5. The first-order chi connectivity index (χ1) is 21.7. The number of nitro benzene ring substituents is 2. The summed E-state index contributed by atoms with van der Waals surface area (Å²) in [7, 11) is 1.09. The predicted octanol–water partition coefficient (Wildman–Crippen LogP) is 3.56. The van der Waals surface area contributed by atoms with E-state index in [1.54, 1.807) is 0 Å². The molecule has 0 aromatic heterocycles. The number of carbonyl (C=O) groups is 4. The van der Waals surface area contributed by atoms with E-state index >= 15 is 0 Å². The van der Waals surface area contributed by atoms with Crippen LogP contribution in [0.25, 0.3) is 0 Å². The molecule has 0 radical (unpaired) electrons. The van der Waals surface area contributed by atoms with Gasteiger partial charge in [0.25, 0.3) is 5.69 Å². The summed E-state index contributed by atoms with van der Waals surface area (Å²) in [5, 5.41) is 22.9. The Morgan fingerprint density at radius 2 is 1.61 bits per heavy atom. The average Bonchev–Trinajstić information content (AvgIpc) is 2.99. The maximum absolute atomic E-state index is 12.5. The molecule has 46 heavy (non-hydrogen) atoms. The fraction of sp³-hybridized carbons (Fsp3) is 0.379. The summed E-state index contributed by atoms with van der Waals surface area (Å²) in [5.41, 5.74) is -0.859. The summed E-state index contributed by atoms with van der Waals surface area (Å²) in [6, 6.07) is 7.97. The number of esters is 3. The average molecular weight is 645 g/mol. The van der Waals surface area contributed by atoms with Gasteiger partial charge in [-0.15, -0.1) is 12.3 Å². The summed E-state index contributed by atoms with van der Waals surface area (Å²) in [5.74, 6) is -1.60. The van der Waals surface area contributed by atoms with Gasteiger partial charge < -0.3 is 33.2 Å². The van der Waals surface area contributed by atoms with Crippen molar-refractivity contribution in [3.8, 4) is 23.8 Å². The van der Waals surface area contributed by atoms with E-state index in [1.807, 2.05) is 0 Å². The highest BCUT2D eigenvalue weighted by atomic mass is 16.7. The van der Waals surface area contributed by atoms with Crippen molar-refractivity contribution in [2.45, 2.75) is 57.9 Å². The van der Waals surface area contributed by atoms with Crippen LogP contribution in [0.2, 0.25) is 0 Å². The molecule has 6 atom stereocenters. The van der Waals surface area contributed by atoms with Crippen molar-refractivity contribution in [1.82, 2.24) is 0 Å². The molecule has 0 saturated carbocycles. The van der Waals surface area contributed by atoms with Crippen LogP contribution in [-0.4, -0.2) is 65.6 Å². The maximum Gasteiger partial charge on any atom is 0.514 e. The van der Waals surface area contributed by atoms with E-state index in [0.29, 0.717) is 0 Å². The molecule has 0 spiro atoms. The normalized spacial score (nSPS) is 21.0. The molecule has 17 nitrogen and oxygen atoms in total. The van der Waals surface area contributed by atoms with Gasteiger partial charge in [-0.3, -0.25) is 29.8 Å². The lowest BCUT2D eigenvalue weighted by Gasteiger charge is -2.42. The SMILES string of the molecule is C#CC[C@H](OC(=O)Oc1ccc([N+](=O)[O-])cc1)c1ccc(O[C@@H]2O[C@H](C(=O)OC)[C@@H](C)[C@H](OC(C)=O)[C@H]2OC(C)=O)c([N+](=O)[O-])c1. The van der Waals surface area contributed by atoms with Gasteiger partial charge in [-0.1, -0.05) is 13.0 Å². The Bertz CT molecular complexity index is 1530. The molecule has 2 aromatic rings. The molecule has 0 N–H and O–H groups in total. The van der Waals surface area contributed by atoms with Gasteiger partial charge in [0.05, 0.1) is 23.4 Å². The van der Waals surface area contributed by atoms with Gasteiger partial charge in [0, 0.05) is 43.5 Å². The number of hydrogen-bond donors (Lipinski definition) is 0. The standard InChI is InChI=1S/C29H28N2O15/c1-6-7-22(45-29(35)43-20-11-9-19(10-12-20)30(36)37)18-8-13-23(21(14-18)31(38)39)44-28-26(42-17(4)33)24(41-16(3)32)15(2)25(46-28)27(34)40-5/h1,8-15,22,24-26,28H,7H2,2-5H3/t15-,22-,24-,25-,26+,28+/m0/s1. The van der Waals surface area contributed by atoms with Crippen LogP contribution in [0.15, 0.2) is 42.5 Å². The summed E-state index contributed by atoms with van der Waals surface area (Å²) < 4.78 is 37.2. The Balaban J connectivity index is 1.92. The lowest BCUT2D eigenvalue weighted by Crippen LogP contribution is -2.60. The van der Waals surface area contributed by atoms with Crippen molar-refractivity contribution >= 4 is 35.4 Å². The van der Waals surface area contributed by atoms with E-state index < -0.39 is 82.0 Å². The summed E-state index contributed by atoms with van der Waals surface area (Å²) in [6.45, 7) is 3.64. The first kappa shape index (κ1) is 34.7. The molecule has 1 aliphatic rings. The van der Waals surface area contributed by atoms with Gasteiger partial charge in [0.1, 0.15) is 11.9 Å². The van der Waals surface area contributed by atoms with E-state index in [2.05, 4.69) is 5.92 Å². The molecule has 244 valence electrons. The minimum absolute atomic E-state index is 0.0533. The lowest BCUT2D eigenvalue weighted by atomic mass is 9.90. The van der Waals surface area contributed by atoms with Crippen LogP contribution < -0.4 is 9.47 Å². The fourth-order valence-corrected chi connectivity index (χ4v) is 4.44. The zero-order chi connectivity index (χ0) is 34.1. The van der Waals surface area contributed by atoms with Crippen molar-refractivity contribution in [2.24, 2.45) is 5.92 Å². The molecule has 0 amide bonds. The number of nitrogens with zero attached hydrogens (tertiary/aromatic N) is 2. The zero-order valence-corrected chi connectivity index (χ0v) is 24.8. The van der Waals surface area contributed by atoms with Crippen LogP contribution in [0.1, 0.15) is 38.9 Å². The first-order valence-electron chi connectivity index (χ1n) is 13.3. The van der Waals surface area contributed by atoms with Gasteiger partial charge in [-0.25, -0.2) is 9.59 Å². The molecule has 0 unspecified atom stereocenters. The predicted molar refractivity (Wildman–Crippen MR) is 151 cm³/mol. The monoisotopic (exact) mass is 644 g/mol. The van der Waals surface area contributed by atoms with Gasteiger partial charge in [-0.05, 0) is 18.2 Å². The van der Waals surface area contributed by atoms with Crippen LogP contribution in [0, 0.1) is 38.5 Å². The Morgan fingerprint density at radius 3 is 2.15 bits per heavy atom. The topological polar surface area (TPSA) is 219 Å². The molecule has 0 bridgehead atoms. The number of hydrogen-bond acceptors (Lipinski definition) is 15. The highest BCUT2D eigenvalue weighted by Crippen LogP contribution is 2.37. The number of carbonyl (C=O) groups excluding carboxylic acids is 4. The van der Waals surface area contributed by atoms with Gasteiger partial charge in [0.2, 0.25) is 12.4 Å². The van der Waals surface area contributed by atoms with Crippen LogP contribution >= 0.6 is 0 Å². The second-order valence-corrected chi connectivity index (χ2v) is 9.68. The molecule has 3 rings (SSSR count). The zero-order valence-electron chi connectivity index (χ0n) is 24.8. The Labute approximate surface area is 260 Å². The molecule has 0 aliphatic carbocycles. The summed E-state index contributed by atoms with van der Waals surface area (Å²) in [6.07, 6.45) is -3.16. The van der Waals surface area contributed by atoms with Crippen molar-refractivity contribution in [3.63, 3.8) is 0 Å². The largest absolute Gasteiger partial charge is 0.514 e. The highest BCUT2D eigenvalue weighted by Gasteiger charge is 2.52. The summed E-state index contributed by atoms with van der Waals surface area (Å²) in [4.78, 5) is 70.3. The van der Waals surface area contributed by atoms with Crippen molar-refractivity contribution in [3.05, 3.63) is 68.3 Å². The minimum atomic E-state index is -1.70. The van der Waals surface area contributed by atoms with E-state index in [-0.39, 0.29) is 23.4 Å². The van der Waals surface area contributed by atoms with Crippen LogP contribution in [0.4, 0.5) is 16.2 Å². The van der Waals surface area contributed by atoms with Gasteiger partial charge >= 0.3 is 29.8 Å². The molecule has 1 aliphatic heterocycles. The van der Waals surface area contributed by atoms with Crippen molar-refractivity contribution < 1.29 is 62.2 Å². The number of non-ortho nitro benzene ring substituents is 1. The number of nitro groups is 2. The number of benzene rings is 2. The van der Waals surface area contributed by atoms with Gasteiger partial charge in [0.15, 0.2) is 18.0 Å². The molecular formula is C29H28N2O15. The number of ether oxygens (including phenoxy) is 7. The Morgan fingerprint density at radius 1 is 0.978 bits per heavy atom. The molecular weight excluding hydrogens is 616 g/mol. The Hall–Kier alpha value is -5.76. The van der Waals surface area contributed by atoms with Crippen LogP contribution in [-0.2, 0) is 38.1 Å². The van der Waals surface area contributed by atoms with Crippen molar-refractivity contribution in [1.29, 1.82) is 0 Å². The summed E-state index contributed by atoms with van der Waals surface area (Å²) >= 11 is 0. The number of methoxy groups -OCH3 is 1. The van der Waals surface area contributed by atoms with E-state index in [4.69, 9.17) is 39.6 Å². The van der Waals surface area contributed by atoms with E-state index in [0.717, 1.165) is 45.2 Å². The molecule has 1 heterocycles. The van der Waals surface area contributed by atoms with Crippen LogP contribution in [0.5, 0.6) is 11.5 Å². The first-order valence-corrected chi connectivity index (χ1v) is 13.3. The second kappa shape index (κ2) is 15.3. The minimum Gasteiger partial charge on any atom is -0.467 e. The van der Waals surface area contributed by atoms with E-state index in [1.165, 1.54) is 25.1 Å². The third-order valence-electron chi connectivity index (χ3n) is 6.49. The quantitative estimate of drug-likeness (QED) is 0.0852. The number of rotatable bonds is 11. The third-order valence-corrected chi connectivity index (χ3v) is 6.49. The number of terminal acetylenes is 1. The molecule has 2 aromatic carbocycles. The third kappa shape index (κ3) is 8.66. The fourth-order valence-electron chi connectivity index (χ4n) is 4.44. The molecule has 1 saturated heterocycles. The lowest BCUT2D eigenvalue weighted by molar-refractivity contribution is -0.387. The molecule has 1 fully saturated rings. The Kier molecular flexibility index (Phi) is 11.6. The highest BCUT2D eigenvalue weighted by molar-refractivity contribution is 5.75. The van der Waals surface area contributed by atoms with Crippen LogP contribution in [0.3, 0.4) is 0 Å². The smallest absolute Gasteiger partial charge is 0.467 e. The van der Waals surface area contributed by atoms with Gasteiger partial charge in [-0.2, -0.15) is 0 Å². The molecule has 17 heteroatoms.